The fourth-order valence-electron chi connectivity index (χ4n) is 3.04. The number of piperazine rings is 1. The second-order valence-corrected chi connectivity index (χ2v) is 7.44. The first-order valence-corrected chi connectivity index (χ1v) is 8.74. The number of nitrogens with zero attached hydrogens (tertiary/aromatic N) is 2. The zero-order valence-corrected chi connectivity index (χ0v) is 15.8. The number of terminal acetylenes is 1. The van der Waals surface area contributed by atoms with Crippen LogP contribution in [0.1, 0.15) is 37.5 Å². The van der Waals surface area contributed by atoms with E-state index in [0.717, 1.165) is 29.9 Å². The number of ether oxygens (including phenoxy) is 1. The Balaban J connectivity index is 2.11. The third kappa shape index (κ3) is 4.90. The molecule has 0 saturated carbocycles. The van der Waals surface area contributed by atoms with Crippen LogP contribution in [0.25, 0.3) is 0 Å². The van der Waals surface area contributed by atoms with Gasteiger partial charge in [-0.05, 0) is 50.5 Å². The van der Waals surface area contributed by atoms with Gasteiger partial charge in [0.2, 0.25) is 0 Å². The fourth-order valence-corrected chi connectivity index (χ4v) is 3.04. The quantitative estimate of drug-likeness (QED) is 0.857. The largest absolute Gasteiger partial charge is 0.444 e. The van der Waals surface area contributed by atoms with Crippen molar-refractivity contribution in [1.29, 1.82) is 0 Å². The number of benzene rings is 1. The molecule has 0 aliphatic carbocycles. The van der Waals surface area contributed by atoms with E-state index in [-0.39, 0.29) is 6.09 Å². The third-order valence-electron chi connectivity index (χ3n) is 4.35. The average Bonchev–Trinajstić information content (AvgIpc) is 2.55. The molecular formula is C20H29N3O2. The summed E-state index contributed by atoms with van der Waals surface area (Å²) in [6.07, 6.45) is 5.82. The van der Waals surface area contributed by atoms with Crippen molar-refractivity contribution in [2.24, 2.45) is 5.73 Å². The van der Waals surface area contributed by atoms with Crippen molar-refractivity contribution in [2.75, 3.05) is 31.1 Å². The third-order valence-corrected chi connectivity index (χ3v) is 4.35. The molecule has 1 aliphatic rings. The summed E-state index contributed by atoms with van der Waals surface area (Å²) < 4.78 is 5.46. The van der Waals surface area contributed by atoms with Crippen LogP contribution in [0.2, 0.25) is 0 Å². The van der Waals surface area contributed by atoms with E-state index in [2.05, 4.69) is 29.9 Å². The molecule has 0 spiro atoms. The van der Waals surface area contributed by atoms with Crippen LogP contribution in [0.3, 0.4) is 0 Å². The van der Waals surface area contributed by atoms with Crippen LogP contribution in [0.5, 0.6) is 0 Å². The summed E-state index contributed by atoms with van der Waals surface area (Å²) in [5.74, 6) is 2.70. The lowest BCUT2D eigenvalue weighted by Gasteiger charge is -2.37. The lowest BCUT2D eigenvalue weighted by molar-refractivity contribution is 0.0240. The molecule has 1 aromatic carbocycles. The molecule has 1 amide bonds. The molecular weight excluding hydrogens is 314 g/mol. The SMILES string of the molecule is C#CCc1cc(CN)c(C)c(N2CCN(C(=O)OC(C)(C)C)CC2)c1. The number of anilines is 1. The van der Waals surface area contributed by atoms with Gasteiger partial charge < -0.3 is 20.3 Å². The van der Waals surface area contributed by atoms with Gasteiger partial charge in [0.1, 0.15) is 5.60 Å². The van der Waals surface area contributed by atoms with Gasteiger partial charge in [-0.15, -0.1) is 12.3 Å². The van der Waals surface area contributed by atoms with Gasteiger partial charge >= 0.3 is 6.09 Å². The second-order valence-electron chi connectivity index (χ2n) is 7.44. The molecule has 5 heteroatoms. The first-order valence-electron chi connectivity index (χ1n) is 8.74. The van der Waals surface area contributed by atoms with Gasteiger partial charge in [-0.1, -0.05) is 6.07 Å². The van der Waals surface area contributed by atoms with Crippen LogP contribution in [0, 0.1) is 19.3 Å². The number of amides is 1. The van der Waals surface area contributed by atoms with Crippen LogP contribution in [0.15, 0.2) is 12.1 Å². The molecule has 0 bridgehead atoms. The van der Waals surface area contributed by atoms with Crippen LogP contribution < -0.4 is 10.6 Å². The highest BCUT2D eigenvalue weighted by molar-refractivity contribution is 5.69. The van der Waals surface area contributed by atoms with Crippen molar-refractivity contribution in [1.82, 2.24) is 4.90 Å². The fraction of sp³-hybridized carbons (Fsp3) is 0.550. The highest BCUT2D eigenvalue weighted by atomic mass is 16.6. The molecule has 25 heavy (non-hydrogen) atoms. The van der Waals surface area contributed by atoms with Gasteiger partial charge in [0, 0.05) is 44.8 Å². The highest BCUT2D eigenvalue weighted by Crippen LogP contribution is 2.27. The molecule has 1 heterocycles. The Kier molecular flexibility index (Phi) is 5.97. The standard InChI is InChI=1S/C20H29N3O2/c1-6-7-16-12-17(14-21)15(2)18(13-16)22-8-10-23(11-9-22)19(24)25-20(3,4)5/h1,12-13H,7-11,14,21H2,2-5H3. The molecule has 1 saturated heterocycles. The van der Waals surface area contributed by atoms with Gasteiger partial charge in [0.25, 0.3) is 0 Å². The minimum absolute atomic E-state index is 0.243. The van der Waals surface area contributed by atoms with E-state index in [9.17, 15) is 4.79 Å². The predicted molar refractivity (Wildman–Crippen MR) is 102 cm³/mol. The molecule has 2 N–H and O–H groups in total. The van der Waals surface area contributed by atoms with E-state index in [4.69, 9.17) is 16.9 Å². The van der Waals surface area contributed by atoms with Crippen molar-refractivity contribution < 1.29 is 9.53 Å². The Bertz CT molecular complexity index is 663. The Morgan fingerprint density at radius 3 is 2.44 bits per heavy atom. The molecule has 136 valence electrons. The maximum absolute atomic E-state index is 12.2. The van der Waals surface area contributed by atoms with Crippen molar-refractivity contribution in [3.05, 3.63) is 28.8 Å². The minimum atomic E-state index is -0.468. The van der Waals surface area contributed by atoms with E-state index in [1.54, 1.807) is 4.90 Å². The molecule has 0 atom stereocenters. The molecule has 1 aromatic rings. The molecule has 5 nitrogen and oxygen atoms in total. The average molecular weight is 343 g/mol. The Labute approximate surface area is 151 Å². The topological polar surface area (TPSA) is 58.8 Å². The summed E-state index contributed by atoms with van der Waals surface area (Å²) in [5, 5.41) is 0. The first kappa shape index (κ1) is 19.1. The molecule has 1 fully saturated rings. The van der Waals surface area contributed by atoms with Crippen molar-refractivity contribution in [2.45, 2.75) is 46.3 Å². The Morgan fingerprint density at radius 1 is 1.28 bits per heavy atom. The summed E-state index contributed by atoms with van der Waals surface area (Å²) in [5.41, 5.74) is 10.0. The van der Waals surface area contributed by atoms with Crippen LogP contribution >= 0.6 is 0 Å². The molecule has 1 aliphatic heterocycles. The summed E-state index contributed by atoms with van der Waals surface area (Å²) in [7, 11) is 0. The molecule has 0 radical (unpaired) electrons. The van der Waals surface area contributed by atoms with E-state index in [1.165, 1.54) is 5.56 Å². The summed E-state index contributed by atoms with van der Waals surface area (Å²) in [6.45, 7) is 11.1. The van der Waals surface area contributed by atoms with Crippen LogP contribution in [-0.2, 0) is 17.7 Å². The normalized spacial score (nSPS) is 15.0. The highest BCUT2D eigenvalue weighted by Gasteiger charge is 2.26. The van der Waals surface area contributed by atoms with Crippen molar-refractivity contribution in [3.8, 4) is 12.3 Å². The van der Waals surface area contributed by atoms with Gasteiger partial charge in [0.15, 0.2) is 0 Å². The van der Waals surface area contributed by atoms with Crippen molar-refractivity contribution in [3.63, 3.8) is 0 Å². The zero-order chi connectivity index (χ0) is 18.6. The number of carbonyl (C=O) groups excluding carboxylic acids is 1. The number of nitrogens with two attached hydrogens (primary N) is 1. The lowest BCUT2D eigenvalue weighted by Crippen LogP contribution is -2.50. The van der Waals surface area contributed by atoms with Gasteiger partial charge in [-0.25, -0.2) is 4.79 Å². The van der Waals surface area contributed by atoms with Crippen molar-refractivity contribution >= 4 is 11.8 Å². The Morgan fingerprint density at radius 2 is 1.92 bits per heavy atom. The molecule has 0 aromatic heterocycles. The van der Waals surface area contributed by atoms with E-state index < -0.39 is 5.60 Å². The summed E-state index contributed by atoms with van der Waals surface area (Å²) >= 11 is 0. The number of hydrogen-bond acceptors (Lipinski definition) is 4. The number of rotatable bonds is 3. The minimum Gasteiger partial charge on any atom is -0.444 e. The first-order chi connectivity index (χ1) is 11.7. The number of hydrogen-bond donors (Lipinski definition) is 1. The second kappa shape index (κ2) is 7.79. The van der Waals surface area contributed by atoms with Gasteiger partial charge in [0.05, 0.1) is 0 Å². The monoisotopic (exact) mass is 343 g/mol. The van der Waals surface area contributed by atoms with E-state index >= 15 is 0 Å². The zero-order valence-electron chi connectivity index (χ0n) is 15.8. The maximum atomic E-state index is 12.2. The van der Waals surface area contributed by atoms with Gasteiger partial charge in [-0.3, -0.25) is 0 Å². The lowest BCUT2D eigenvalue weighted by atomic mass is 10.00. The van der Waals surface area contributed by atoms with Crippen LogP contribution in [-0.4, -0.2) is 42.8 Å². The van der Waals surface area contributed by atoms with Gasteiger partial charge in [-0.2, -0.15) is 0 Å². The Hall–Kier alpha value is -2.19. The van der Waals surface area contributed by atoms with Crippen LogP contribution in [0.4, 0.5) is 10.5 Å². The van der Waals surface area contributed by atoms with E-state index in [1.807, 2.05) is 20.8 Å². The predicted octanol–water partition coefficient (Wildman–Crippen LogP) is 2.69. The smallest absolute Gasteiger partial charge is 0.410 e. The maximum Gasteiger partial charge on any atom is 0.410 e. The summed E-state index contributed by atoms with van der Waals surface area (Å²) in [4.78, 5) is 16.3. The summed E-state index contributed by atoms with van der Waals surface area (Å²) in [6, 6.07) is 4.24. The molecule has 2 rings (SSSR count). The van der Waals surface area contributed by atoms with E-state index in [0.29, 0.717) is 26.1 Å². The molecule has 0 unspecified atom stereocenters. The number of carbonyl (C=O) groups is 1.